The van der Waals surface area contributed by atoms with Gasteiger partial charge in [-0.15, -0.1) is 0 Å². The van der Waals surface area contributed by atoms with Crippen LogP contribution in [0.5, 0.6) is 0 Å². The molecule has 0 unspecified atom stereocenters. The minimum absolute atomic E-state index is 0.442. The van der Waals surface area contributed by atoms with Gasteiger partial charge in [-0.25, -0.2) is 4.98 Å². The summed E-state index contributed by atoms with van der Waals surface area (Å²) in [5, 5.41) is 11.4. The Hall–Kier alpha value is -3.80. The zero-order valence-corrected chi connectivity index (χ0v) is 20.0. The first-order chi connectivity index (χ1) is 17.3. The molecule has 0 radical (unpaired) electrons. The first kappa shape index (κ1) is 21.7. The van der Waals surface area contributed by atoms with Crippen LogP contribution in [0.2, 0.25) is 0 Å². The molecule has 1 N–H and O–H groups in total. The van der Waals surface area contributed by atoms with E-state index in [1.807, 2.05) is 42.7 Å². The molecule has 1 aromatic heterocycles. The van der Waals surface area contributed by atoms with E-state index in [2.05, 4.69) is 82.3 Å². The second-order valence-corrected chi connectivity index (χ2v) is 9.71. The second-order valence-electron chi connectivity index (χ2n) is 8.63. The third-order valence-electron chi connectivity index (χ3n) is 6.26. The highest BCUT2D eigenvalue weighted by Gasteiger charge is 2.25. The van der Waals surface area contributed by atoms with Crippen LogP contribution in [-0.4, -0.2) is 27.3 Å². The minimum atomic E-state index is -0.598. The third-order valence-corrected chi connectivity index (χ3v) is 7.40. The van der Waals surface area contributed by atoms with Crippen LogP contribution in [0.25, 0.3) is 22.5 Å². The van der Waals surface area contributed by atoms with E-state index in [1.54, 1.807) is 11.8 Å². The van der Waals surface area contributed by atoms with Gasteiger partial charge in [-0.3, -0.25) is 0 Å². The molecule has 1 atom stereocenters. The molecule has 0 fully saturated rings. The van der Waals surface area contributed by atoms with Gasteiger partial charge in [0.2, 0.25) is 0 Å². The zero-order valence-electron chi connectivity index (χ0n) is 19.2. The number of fused-ring (bicyclic) bond motifs is 2. The fraction of sp³-hybridized carbons (Fsp3) is 0.100. The number of β-amino-alcohol motifs (C(OH)–C–C–N with tert-alkyl or cyclic N) is 1. The fourth-order valence-corrected chi connectivity index (χ4v) is 5.80. The van der Waals surface area contributed by atoms with Gasteiger partial charge in [0.05, 0.1) is 48.3 Å². The maximum atomic E-state index is 11.4. The first-order valence-electron chi connectivity index (χ1n) is 11.8. The Kier molecular flexibility index (Phi) is 5.86. The number of para-hydroxylation sites is 2. The van der Waals surface area contributed by atoms with Gasteiger partial charge in [0.25, 0.3) is 0 Å². The highest BCUT2D eigenvalue weighted by atomic mass is 32.2. The molecule has 0 amide bonds. The van der Waals surface area contributed by atoms with Gasteiger partial charge in [-0.2, -0.15) is 0 Å². The Morgan fingerprint density at radius 1 is 0.657 bits per heavy atom. The second kappa shape index (κ2) is 9.45. The topological polar surface area (TPSA) is 41.3 Å². The van der Waals surface area contributed by atoms with Crippen LogP contribution >= 0.6 is 11.8 Å². The van der Waals surface area contributed by atoms with Crippen molar-refractivity contribution in [3.05, 3.63) is 116 Å². The highest BCUT2D eigenvalue weighted by molar-refractivity contribution is 7.99. The Bertz CT molecular complexity index is 1400. The molecule has 6 rings (SSSR count). The predicted octanol–water partition coefficient (Wildman–Crippen LogP) is 6.88. The molecule has 4 nitrogen and oxygen atoms in total. The van der Waals surface area contributed by atoms with Gasteiger partial charge in [-0.05, 0) is 24.3 Å². The van der Waals surface area contributed by atoms with E-state index in [1.165, 1.54) is 9.79 Å². The van der Waals surface area contributed by atoms with Crippen LogP contribution < -0.4 is 4.90 Å². The molecule has 4 aromatic carbocycles. The number of rotatable bonds is 6. The molecule has 1 aliphatic heterocycles. The van der Waals surface area contributed by atoms with Crippen molar-refractivity contribution >= 4 is 23.1 Å². The normalized spacial score (nSPS) is 13.2. The van der Waals surface area contributed by atoms with Gasteiger partial charge < -0.3 is 14.6 Å². The summed E-state index contributed by atoms with van der Waals surface area (Å²) >= 11 is 1.78. The maximum absolute atomic E-state index is 11.4. The molecule has 0 saturated heterocycles. The number of aliphatic hydroxyl groups excluding tert-OH is 1. The Morgan fingerprint density at radius 2 is 1.20 bits per heavy atom. The Labute approximate surface area is 209 Å². The van der Waals surface area contributed by atoms with Crippen molar-refractivity contribution < 1.29 is 5.11 Å². The number of aliphatic hydroxyl groups is 1. The lowest BCUT2D eigenvalue weighted by Crippen LogP contribution is -2.33. The number of hydrogen-bond donors (Lipinski definition) is 1. The molecule has 2 heterocycles. The number of aromatic nitrogens is 2. The summed E-state index contributed by atoms with van der Waals surface area (Å²) < 4.78 is 2.08. The van der Waals surface area contributed by atoms with E-state index in [9.17, 15) is 5.11 Å². The number of hydrogen-bond acceptors (Lipinski definition) is 4. The Balaban J connectivity index is 1.34. The monoisotopic (exact) mass is 475 g/mol. The van der Waals surface area contributed by atoms with Crippen molar-refractivity contribution in [3.8, 4) is 22.5 Å². The number of anilines is 2. The molecule has 1 aliphatic rings. The van der Waals surface area contributed by atoms with Crippen molar-refractivity contribution in [2.24, 2.45) is 0 Å². The third kappa shape index (κ3) is 4.25. The van der Waals surface area contributed by atoms with E-state index < -0.39 is 6.10 Å². The SMILES string of the molecule is O[C@H](CN1c2ccccc2Sc2ccccc21)Cn1cnc(-c2ccccc2)c1-c1ccccc1. The predicted molar refractivity (Wildman–Crippen MR) is 143 cm³/mol. The molecule has 5 aromatic rings. The standard InChI is InChI=1S/C30H25N3OS/c34-24(20-33-25-15-7-9-17-27(25)35-28-18-10-8-16-26(28)33)19-32-21-31-29(22-11-3-1-4-12-22)30(32)23-13-5-2-6-14-23/h1-18,21,24,34H,19-20H2/t24-/m0/s1. The smallest absolute Gasteiger partial charge is 0.0963 e. The quantitative estimate of drug-likeness (QED) is 0.291. The Morgan fingerprint density at radius 3 is 1.83 bits per heavy atom. The maximum Gasteiger partial charge on any atom is 0.0963 e. The van der Waals surface area contributed by atoms with Gasteiger partial charge in [0.1, 0.15) is 0 Å². The average Bonchev–Trinajstić information content (AvgIpc) is 3.33. The van der Waals surface area contributed by atoms with Gasteiger partial charge in [0, 0.05) is 20.9 Å². The molecule has 0 bridgehead atoms. The summed E-state index contributed by atoms with van der Waals surface area (Å²) in [6, 6.07) is 37.3. The lowest BCUT2D eigenvalue weighted by atomic mass is 10.0. The van der Waals surface area contributed by atoms with E-state index in [0.29, 0.717) is 13.1 Å². The average molecular weight is 476 g/mol. The van der Waals surface area contributed by atoms with Crippen LogP contribution in [0.15, 0.2) is 125 Å². The molecule has 0 aliphatic carbocycles. The van der Waals surface area contributed by atoms with E-state index >= 15 is 0 Å². The molecule has 0 spiro atoms. The van der Waals surface area contributed by atoms with Crippen LogP contribution in [0.3, 0.4) is 0 Å². The molecular formula is C30H25N3OS. The number of nitrogens with zero attached hydrogens (tertiary/aromatic N) is 3. The molecule has 5 heteroatoms. The van der Waals surface area contributed by atoms with Crippen molar-refractivity contribution in [1.29, 1.82) is 0 Å². The summed E-state index contributed by atoms with van der Waals surface area (Å²) in [4.78, 5) is 9.42. The summed E-state index contributed by atoms with van der Waals surface area (Å²) in [5.74, 6) is 0. The van der Waals surface area contributed by atoms with Gasteiger partial charge in [-0.1, -0.05) is 96.7 Å². The first-order valence-corrected chi connectivity index (χ1v) is 12.6. The lowest BCUT2D eigenvalue weighted by molar-refractivity contribution is 0.162. The van der Waals surface area contributed by atoms with Crippen LogP contribution in [0.4, 0.5) is 11.4 Å². The number of imidazole rings is 1. The van der Waals surface area contributed by atoms with E-state index in [0.717, 1.165) is 33.9 Å². The molecule has 0 saturated carbocycles. The summed E-state index contributed by atoms with van der Waals surface area (Å²) in [7, 11) is 0. The summed E-state index contributed by atoms with van der Waals surface area (Å²) in [6.07, 6.45) is 1.25. The molecule has 35 heavy (non-hydrogen) atoms. The van der Waals surface area contributed by atoms with Crippen LogP contribution in [-0.2, 0) is 6.54 Å². The van der Waals surface area contributed by atoms with Gasteiger partial charge in [0.15, 0.2) is 0 Å². The van der Waals surface area contributed by atoms with Crippen molar-refractivity contribution in [2.75, 3.05) is 11.4 Å². The zero-order chi connectivity index (χ0) is 23.6. The van der Waals surface area contributed by atoms with Crippen LogP contribution in [0.1, 0.15) is 0 Å². The summed E-state index contributed by atoms with van der Waals surface area (Å²) in [6.45, 7) is 0.930. The van der Waals surface area contributed by atoms with Gasteiger partial charge >= 0.3 is 0 Å². The van der Waals surface area contributed by atoms with Crippen molar-refractivity contribution in [2.45, 2.75) is 22.4 Å². The van der Waals surface area contributed by atoms with E-state index in [4.69, 9.17) is 4.98 Å². The summed E-state index contributed by atoms with van der Waals surface area (Å²) in [5.41, 5.74) is 6.36. The largest absolute Gasteiger partial charge is 0.389 e. The lowest BCUT2D eigenvalue weighted by Gasteiger charge is -2.34. The minimum Gasteiger partial charge on any atom is -0.389 e. The van der Waals surface area contributed by atoms with Crippen molar-refractivity contribution in [3.63, 3.8) is 0 Å². The number of benzene rings is 4. The molecule has 172 valence electrons. The van der Waals surface area contributed by atoms with Crippen molar-refractivity contribution in [1.82, 2.24) is 9.55 Å². The highest BCUT2D eigenvalue weighted by Crippen LogP contribution is 2.47. The van der Waals surface area contributed by atoms with Crippen LogP contribution in [0, 0.1) is 0 Å². The molecular weight excluding hydrogens is 450 g/mol. The fourth-order valence-electron chi connectivity index (χ4n) is 4.70. The van der Waals surface area contributed by atoms with E-state index in [-0.39, 0.29) is 0 Å².